The Hall–Kier alpha value is -9.20. The monoisotopic (exact) mass is 1450 g/mol. The standard InChI is InChI=1S/C66H75Cl2N9O24/c1-23(2)12-34(71-5)58(88)76-49-51(83)26-7-10-38(32(67)14-26)97-40-16-28-17-41(55(40)101-65-56(54(86)53(85)42(22-78)99-65)100-44-21-66(4,70)57(87)24(3)96-44)98-39-11-8-27(15-33(39)68)52(84)50-63(93)75-48(64(94)95)31-18-29(79)19-37(81)45(31)30-13-25(6-9-36(30)80)46(60(90)77-50)74-61(91)47(28)73-59(89)35(20-43(69)82)72-62(49)92/h6-11,13-19,23-24,34-35,42,44,46-54,56-57,65,71,78-81,83-87H,12,20-22,70H2,1-5H3,(H2,69,82)(H,72,92)(H,73,89)(H,74,91)(H,75,93)(H,76,88)(H,77,90)(H,94,95)/t24-,34+,35-,42+,44-,46+,47+,48-,49+,50-,51+,52+,53+,54-,56+,57+,65-,66-/m0/s1/i5+1D3. The zero-order valence-corrected chi connectivity index (χ0v) is 55.3. The Labute approximate surface area is 588 Å². The van der Waals surface area contributed by atoms with E-state index >= 15 is 14.4 Å². The summed E-state index contributed by atoms with van der Waals surface area (Å²) in [5, 5.41) is 130. The quantitative estimate of drug-likeness (QED) is 0.0695. The van der Waals surface area contributed by atoms with Crippen LogP contribution in [0.4, 0.5) is 0 Å². The average molecular weight is 1450 g/mol. The maximum absolute atomic E-state index is 16.0. The molecule has 11 bridgehead atoms. The maximum Gasteiger partial charge on any atom is 0.330 e. The van der Waals surface area contributed by atoms with E-state index in [0.29, 0.717) is 0 Å². The number of halogens is 2. The van der Waals surface area contributed by atoms with Crippen molar-refractivity contribution in [1.29, 1.82) is 0 Å². The zero-order valence-electron chi connectivity index (χ0n) is 56.8. The number of carbonyl (C=O) groups is 8. The van der Waals surface area contributed by atoms with Gasteiger partial charge in [0.2, 0.25) is 53.4 Å². The second-order valence-electron chi connectivity index (χ2n) is 25.6. The second-order valence-corrected chi connectivity index (χ2v) is 26.4. The number of aliphatic hydroxyl groups is 6. The van der Waals surface area contributed by atoms with Crippen LogP contribution in [-0.2, 0) is 52.6 Å². The van der Waals surface area contributed by atoms with Crippen LogP contribution in [0.5, 0.6) is 46.0 Å². The van der Waals surface area contributed by atoms with Crippen molar-refractivity contribution in [3.63, 3.8) is 0 Å². The van der Waals surface area contributed by atoms with Crippen molar-refractivity contribution < 1.29 is 122 Å². The van der Waals surface area contributed by atoms with Crippen LogP contribution in [0.2, 0.25) is 10.0 Å². The van der Waals surface area contributed by atoms with Crippen molar-refractivity contribution in [2.75, 3.05) is 13.6 Å². The molecule has 12 rings (SSSR count). The number of phenols is 3. The SMILES string of the molecule is [2H][13C]([2H])([2H])N[C@H](CC(C)C)C(=O)N[C@H]1C(=O)N[C@@H](CC(N)=O)C(=O)N[C@H]2C(=O)N[C@H]3C(=O)N[C@H](C(=O)N[C@H](C(=O)O)c4cc(O)cc(O)c4-c4cc3ccc4O)[C@H](O)c3ccc(c(Cl)c3)Oc3cc2cc(c3O[C@@H]2O[C@H](CO)[C@@H](O)[C@H](O)[C@H]2O[C@H]2C[C@](C)(N)[C@H](O)[C@H](C)O2)Oc2ccc(cc2Cl)[C@H]1O. The van der Waals surface area contributed by atoms with E-state index in [1.54, 1.807) is 13.8 Å². The van der Waals surface area contributed by atoms with E-state index in [1.807, 2.05) is 0 Å². The van der Waals surface area contributed by atoms with E-state index in [2.05, 4.69) is 37.2 Å². The lowest BCUT2D eigenvalue weighted by Gasteiger charge is -2.47. The summed E-state index contributed by atoms with van der Waals surface area (Å²) in [6.45, 7) is 2.32. The highest BCUT2D eigenvalue weighted by molar-refractivity contribution is 6.32. The normalized spacial score (nSPS) is 30.0. The lowest BCUT2D eigenvalue weighted by Crippen LogP contribution is -2.64. The third kappa shape index (κ3) is 15.8. The molecule has 0 unspecified atom stereocenters. The van der Waals surface area contributed by atoms with Gasteiger partial charge in [0.1, 0.15) is 89.5 Å². The zero-order chi connectivity index (χ0) is 76.0. The molecule has 5 aromatic carbocycles. The summed E-state index contributed by atoms with van der Waals surface area (Å²) in [5.41, 5.74) is 7.69. The van der Waals surface area contributed by atoms with E-state index in [4.69, 9.17) is 67.2 Å². The number of carboxylic acids is 1. The molecule has 2 fully saturated rings. The lowest BCUT2D eigenvalue weighted by molar-refractivity contribution is -0.333. The molecule has 0 saturated carbocycles. The fourth-order valence-corrected chi connectivity index (χ4v) is 12.8. The average Bonchev–Trinajstić information content (AvgIpc) is 0.770. The van der Waals surface area contributed by atoms with Crippen molar-refractivity contribution in [3.8, 4) is 57.1 Å². The van der Waals surface area contributed by atoms with E-state index in [0.717, 1.165) is 78.9 Å². The second kappa shape index (κ2) is 30.2. The highest BCUT2D eigenvalue weighted by Crippen LogP contribution is 2.50. The third-order valence-corrected chi connectivity index (χ3v) is 18.2. The summed E-state index contributed by atoms with van der Waals surface area (Å²) in [6, 6.07) is -2.21. The molecule has 21 N–H and O–H groups in total. The number of nitrogens with one attached hydrogen (secondary N) is 7. The number of rotatable bonds is 13. The predicted octanol–water partition coefficient (Wildman–Crippen LogP) is 0.106. The van der Waals surface area contributed by atoms with Crippen LogP contribution < -0.4 is 62.9 Å². The molecule has 101 heavy (non-hydrogen) atoms. The number of aliphatic carboxylic acids is 1. The van der Waals surface area contributed by atoms with Gasteiger partial charge in [-0.15, -0.1) is 0 Å². The number of benzene rings is 5. The number of carbonyl (C=O) groups excluding carboxylic acids is 7. The Bertz CT molecular complexity index is 4200. The number of carboxylic acid groups (broad SMARTS) is 1. The van der Waals surface area contributed by atoms with Gasteiger partial charge < -0.3 is 128 Å². The van der Waals surface area contributed by atoms with E-state index in [-0.39, 0.29) is 35.4 Å². The molecule has 18 atom stereocenters. The molecule has 7 heterocycles. The number of primary amides is 1. The molecule has 7 amide bonds. The van der Waals surface area contributed by atoms with Crippen molar-refractivity contribution in [3.05, 3.63) is 117 Å². The number of amides is 7. The summed E-state index contributed by atoms with van der Waals surface area (Å²) in [7, 11) is 0. The molecule has 0 spiro atoms. The molecule has 0 aromatic heterocycles. The number of phenolic OH excluding ortho intramolecular Hbond substituents is 3. The maximum atomic E-state index is 16.0. The number of likely N-dealkylation sites (N-methyl/N-ethyl adjacent to an activating group) is 1. The van der Waals surface area contributed by atoms with Crippen molar-refractivity contribution in [2.45, 2.75) is 156 Å². The molecule has 33 nitrogen and oxygen atoms in total. The van der Waals surface area contributed by atoms with Crippen molar-refractivity contribution in [1.82, 2.24) is 37.2 Å². The van der Waals surface area contributed by atoms with Gasteiger partial charge in [0, 0.05) is 38.8 Å². The number of hydrogen-bond donors (Lipinski definition) is 19. The van der Waals surface area contributed by atoms with Gasteiger partial charge in [-0.1, -0.05) is 55.2 Å². The van der Waals surface area contributed by atoms with Crippen LogP contribution in [0.3, 0.4) is 0 Å². The number of fused-ring (bicyclic) bond motifs is 15. The van der Waals surface area contributed by atoms with Gasteiger partial charge in [0.05, 0.1) is 41.3 Å². The Balaban J connectivity index is 1.24. The molecular weight excluding hydrogens is 1370 g/mol. The molecule has 0 aliphatic carbocycles. The van der Waals surface area contributed by atoms with Gasteiger partial charge in [-0.25, -0.2) is 4.79 Å². The summed E-state index contributed by atoms with van der Waals surface area (Å²) in [4.78, 5) is 117. The Kier molecular flexibility index (Phi) is 21.0. The van der Waals surface area contributed by atoms with E-state index < -0.39 is 255 Å². The molecule has 35 heteroatoms. The van der Waals surface area contributed by atoms with Gasteiger partial charge in [0.25, 0.3) is 0 Å². The summed E-state index contributed by atoms with van der Waals surface area (Å²) in [5.74, 6) is -17.3. The van der Waals surface area contributed by atoms with Gasteiger partial charge in [-0.3, -0.25) is 33.6 Å². The molecule has 7 aliphatic rings. The smallest absolute Gasteiger partial charge is 0.330 e. The number of nitrogens with two attached hydrogens (primary N) is 2. The fraction of sp³-hybridized carbons (Fsp3) is 0.424. The molecule has 7 aliphatic heterocycles. The number of aliphatic hydroxyl groups excluding tert-OH is 6. The fourth-order valence-electron chi connectivity index (χ4n) is 12.4. The Morgan fingerprint density at radius 3 is 1.94 bits per heavy atom. The first-order valence-corrected chi connectivity index (χ1v) is 32.1. The van der Waals surface area contributed by atoms with Crippen molar-refractivity contribution >= 4 is 70.5 Å². The molecule has 5 aromatic rings. The van der Waals surface area contributed by atoms with Gasteiger partial charge >= 0.3 is 5.97 Å². The summed E-state index contributed by atoms with van der Waals surface area (Å²) < 4.78 is 61.9. The number of ether oxygens (including phenoxy) is 6. The predicted molar refractivity (Wildman–Crippen MR) is 349 cm³/mol. The molecule has 0 radical (unpaired) electrons. The van der Waals surface area contributed by atoms with Crippen LogP contribution in [-0.4, -0.2) is 191 Å². The summed E-state index contributed by atoms with van der Waals surface area (Å²) >= 11 is 14.1. The topological polar surface area (TPSA) is 530 Å². The largest absolute Gasteiger partial charge is 0.508 e. The van der Waals surface area contributed by atoms with E-state index in [1.165, 1.54) is 13.8 Å². The summed E-state index contributed by atoms with van der Waals surface area (Å²) in [6.07, 6.45) is -19.4. The van der Waals surface area contributed by atoms with Crippen LogP contribution >= 0.6 is 23.2 Å². The first-order valence-electron chi connectivity index (χ1n) is 32.9. The Morgan fingerprint density at radius 1 is 0.733 bits per heavy atom. The van der Waals surface area contributed by atoms with E-state index in [9.17, 15) is 75.0 Å². The number of hydrogen-bond acceptors (Lipinski definition) is 25. The number of aromatic hydroxyl groups is 3. The minimum atomic E-state index is -2.95. The van der Waals surface area contributed by atoms with Gasteiger partial charge in [0.15, 0.2) is 29.9 Å². The minimum Gasteiger partial charge on any atom is -0.508 e. The molecular formula is C66H75Cl2N9O24. The van der Waals surface area contributed by atoms with Crippen LogP contribution in [0.15, 0.2) is 78.9 Å². The first-order chi connectivity index (χ1) is 48.8. The molecule has 542 valence electrons. The molecule has 2 saturated heterocycles. The van der Waals surface area contributed by atoms with Gasteiger partial charge in [-0.05, 0) is 110 Å². The highest BCUT2D eigenvalue weighted by Gasteiger charge is 2.51. The van der Waals surface area contributed by atoms with Crippen LogP contribution in [0.25, 0.3) is 11.1 Å². The lowest BCUT2D eigenvalue weighted by atomic mass is 9.86. The van der Waals surface area contributed by atoms with Crippen LogP contribution in [0.1, 0.15) is 109 Å². The van der Waals surface area contributed by atoms with Crippen LogP contribution in [0, 0.1) is 5.92 Å². The first kappa shape index (κ1) is 70.2. The van der Waals surface area contributed by atoms with Gasteiger partial charge in [-0.2, -0.15) is 0 Å². The minimum absolute atomic E-state index is 0.164. The van der Waals surface area contributed by atoms with Crippen molar-refractivity contribution in [2.24, 2.45) is 17.4 Å². The third-order valence-electron chi connectivity index (χ3n) is 17.6. The highest BCUT2D eigenvalue weighted by atomic mass is 35.5. The Morgan fingerprint density at radius 2 is 1.35 bits per heavy atom.